The molecular weight excluding hydrogens is 363 g/mol. The number of carbonyl (C=O) groups is 1. The van der Waals surface area contributed by atoms with Gasteiger partial charge in [0.05, 0.1) is 5.92 Å². The first kappa shape index (κ1) is 20.6. The highest BCUT2D eigenvalue weighted by Gasteiger charge is 2.43. The van der Waals surface area contributed by atoms with Crippen LogP contribution in [-0.2, 0) is 4.79 Å². The molecule has 0 heterocycles. The fraction of sp³-hybridized carbons (Fsp3) is 0.654. The summed E-state index contributed by atoms with van der Waals surface area (Å²) in [4.78, 5) is 12.9. The van der Waals surface area contributed by atoms with Gasteiger partial charge in [-0.3, -0.25) is 4.79 Å². The number of ether oxygens (including phenoxy) is 1. The first-order chi connectivity index (χ1) is 14.1. The van der Waals surface area contributed by atoms with Gasteiger partial charge in [-0.15, -0.1) is 0 Å². The highest BCUT2D eigenvalue weighted by Crippen LogP contribution is 2.50. The van der Waals surface area contributed by atoms with E-state index in [4.69, 9.17) is 4.74 Å². The van der Waals surface area contributed by atoms with E-state index in [1.807, 2.05) is 0 Å². The van der Waals surface area contributed by atoms with Crippen molar-refractivity contribution in [1.82, 2.24) is 0 Å². The molecule has 0 saturated heterocycles. The molecule has 3 fully saturated rings. The fourth-order valence-corrected chi connectivity index (χ4v) is 6.50. The molecule has 0 aromatic heterocycles. The molecule has 2 nitrogen and oxygen atoms in total. The van der Waals surface area contributed by atoms with Crippen molar-refractivity contribution in [2.45, 2.75) is 71.1 Å². The highest BCUT2D eigenvalue weighted by molar-refractivity contribution is 5.75. The van der Waals surface area contributed by atoms with Crippen LogP contribution in [0.25, 0.3) is 0 Å². The number of rotatable bonds is 4. The molecule has 3 aliphatic rings. The van der Waals surface area contributed by atoms with Crippen molar-refractivity contribution in [3.63, 3.8) is 0 Å². The van der Waals surface area contributed by atoms with Crippen LogP contribution >= 0.6 is 0 Å². The van der Waals surface area contributed by atoms with Crippen LogP contribution < -0.4 is 4.74 Å². The summed E-state index contributed by atoms with van der Waals surface area (Å²) < 4.78 is 18.7. The third-order valence-corrected chi connectivity index (χ3v) is 7.97. The normalized spacial score (nSPS) is 35.2. The minimum absolute atomic E-state index is 0.0187. The van der Waals surface area contributed by atoms with Crippen molar-refractivity contribution in [3.05, 3.63) is 42.2 Å². The molecule has 0 radical (unpaired) electrons. The zero-order valence-electron chi connectivity index (χ0n) is 17.7. The molecule has 0 spiro atoms. The van der Waals surface area contributed by atoms with Crippen LogP contribution in [0.5, 0.6) is 5.75 Å². The Hall–Kier alpha value is -1.64. The summed E-state index contributed by atoms with van der Waals surface area (Å²) in [5.74, 6) is 3.79. The number of benzene rings is 1. The van der Waals surface area contributed by atoms with Gasteiger partial charge in [-0.1, -0.05) is 25.0 Å². The monoisotopic (exact) mass is 398 g/mol. The molecule has 158 valence electrons. The molecule has 4 unspecified atom stereocenters. The second kappa shape index (κ2) is 9.45. The van der Waals surface area contributed by atoms with E-state index >= 15 is 0 Å². The van der Waals surface area contributed by atoms with Crippen molar-refractivity contribution >= 4 is 5.97 Å². The maximum absolute atomic E-state index is 13.1. The van der Waals surface area contributed by atoms with Gasteiger partial charge in [0.15, 0.2) is 0 Å². The van der Waals surface area contributed by atoms with Gasteiger partial charge in [-0.05, 0) is 112 Å². The summed E-state index contributed by atoms with van der Waals surface area (Å²) in [7, 11) is 0. The lowest BCUT2D eigenvalue weighted by Crippen LogP contribution is -2.40. The van der Waals surface area contributed by atoms with Gasteiger partial charge < -0.3 is 4.74 Å². The van der Waals surface area contributed by atoms with Gasteiger partial charge in [0.1, 0.15) is 11.6 Å². The lowest BCUT2D eigenvalue weighted by Gasteiger charge is -2.45. The van der Waals surface area contributed by atoms with E-state index in [0.29, 0.717) is 17.6 Å². The van der Waals surface area contributed by atoms with Crippen LogP contribution in [0.4, 0.5) is 4.39 Å². The van der Waals surface area contributed by atoms with Crippen LogP contribution in [0.2, 0.25) is 0 Å². The Morgan fingerprint density at radius 3 is 2.38 bits per heavy atom. The molecule has 3 heteroatoms. The maximum Gasteiger partial charge on any atom is 0.314 e. The summed E-state index contributed by atoms with van der Waals surface area (Å²) in [5.41, 5.74) is 0. The van der Waals surface area contributed by atoms with E-state index < -0.39 is 0 Å². The molecule has 1 aromatic rings. The second-order valence-corrected chi connectivity index (χ2v) is 9.61. The van der Waals surface area contributed by atoms with Gasteiger partial charge in [0, 0.05) is 0 Å². The largest absolute Gasteiger partial charge is 0.426 e. The standard InChI is InChI=1S/C26H35FO2/c1-2-4-18-7-9-19(10-8-18)20-11-16-24-21(17-20)5-3-6-25(24)26(28)29-23-14-12-22(27)13-15-23/h2,4,12-15,18-21,24-25H,3,5-11,16-17H2,1H3/b4-2+. The molecule has 0 amide bonds. The van der Waals surface area contributed by atoms with Crippen LogP contribution in [0.1, 0.15) is 71.1 Å². The van der Waals surface area contributed by atoms with Gasteiger partial charge in [0.2, 0.25) is 0 Å². The first-order valence-corrected chi connectivity index (χ1v) is 11.7. The molecule has 3 aliphatic carbocycles. The predicted octanol–water partition coefficient (Wildman–Crippen LogP) is 6.95. The highest BCUT2D eigenvalue weighted by atomic mass is 19.1. The van der Waals surface area contributed by atoms with Crippen molar-refractivity contribution in [2.75, 3.05) is 0 Å². The van der Waals surface area contributed by atoms with Crippen LogP contribution in [0.15, 0.2) is 36.4 Å². The quantitative estimate of drug-likeness (QED) is 0.312. The van der Waals surface area contributed by atoms with Crippen LogP contribution in [0, 0.1) is 41.3 Å². The summed E-state index contributed by atoms with van der Waals surface area (Å²) in [6.07, 6.45) is 17.2. The molecule has 29 heavy (non-hydrogen) atoms. The Morgan fingerprint density at radius 1 is 0.931 bits per heavy atom. The third-order valence-electron chi connectivity index (χ3n) is 7.97. The minimum Gasteiger partial charge on any atom is -0.426 e. The molecule has 0 bridgehead atoms. The van der Waals surface area contributed by atoms with Crippen molar-refractivity contribution < 1.29 is 13.9 Å². The van der Waals surface area contributed by atoms with Gasteiger partial charge in [-0.2, -0.15) is 0 Å². The van der Waals surface area contributed by atoms with Crippen LogP contribution in [-0.4, -0.2) is 5.97 Å². The van der Waals surface area contributed by atoms with E-state index in [1.54, 1.807) is 12.1 Å². The molecule has 0 N–H and O–H groups in total. The number of carbonyl (C=O) groups excluding carboxylic acids is 1. The number of hydrogen-bond donors (Lipinski definition) is 0. The summed E-state index contributed by atoms with van der Waals surface area (Å²) in [6.45, 7) is 2.13. The van der Waals surface area contributed by atoms with Crippen LogP contribution in [0.3, 0.4) is 0 Å². The Morgan fingerprint density at radius 2 is 1.66 bits per heavy atom. The number of halogens is 1. The summed E-state index contributed by atoms with van der Waals surface area (Å²) >= 11 is 0. The van der Waals surface area contributed by atoms with Crippen molar-refractivity contribution in [3.8, 4) is 5.75 Å². The predicted molar refractivity (Wildman–Crippen MR) is 114 cm³/mol. The number of esters is 1. The lowest BCUT2D eigenvalue weighted by molar-refractivity contribution is -0.144. The summed E-state index contributed by atoms with van der Waals surface area (Å²) in [6, 6.07) is 5.80. The van der Waals surface area contributed by atoms with Gasteiger partial charge in [0.25, 0.3) is 0 Å². The third kappa shape index (κ3) is 4.92. The lowest BCUT2D eigenvalue weighted by atomic mass is 9.59. The van der Waals surface area contributed by atoms with E-state index in [9.17, 15) is 9.18 Å². The Balaban J connectivity index is 1.33. The van der Waals surface area contributed by atoms with E-state index in [0.717, 1.165) is 30.6 Å². The Labute approximate surface area is 174 Å². The van der Waals surface area contributed by atoms with E-state index in [2.05, 4.69) is 19.1 Å². The van der Waals surface area contributed by atoms with E-state index in [1.165, 1.54) is 63.5 Å². The number of allylic oxidation sites excluding steroid dienone is 2. The molecule has 1 aromatic carbocycles. The minimum atomic E-state index is -0.305. The fourth-order valence-electron chi connectivity index (χ4n) is 6.50. The van der Waals surface area contributed by atoms with Gasteiger partial charge in [-0.25, -0.2) is 4.39 Å². The molecule has 4 rings (SSSR count). The second-order valence-electron chi connectivity index (χ2n) is 9.61. The average molecular weight is 399 g/mol. The zero-order chi connectivity index (χ0) is 20.2. The number of hydrogen-bond acceptors (Lipinski definition) is 2. The number of fused-ring (bicyclic) bond motifs is 1. The Kier molecular flexibility index (Phi) is 6.72. The smallest absolute Gasteiger partial charge is 0.314 e. The zero-order valence-corrected chi connectivity index (χ0v) is 17.7. The maximum atomic E-state index is 13.1. The van der Waals surface area contributed by atoms with E-state index in [-0.39, 0.29) is 17.7 Å². The molecular formula is C26H35FO2. The molecule has 3 saturated carbocycles. The first-order valence-electron chi connectivity index (χ1n) is 11.7. The van der Waals surface area contributed by atoms with Gasteiger partial charge >= 0.3 is 5.97 Å². The van der Waals surface area contributed by atoms with Crippen molar-refractivity contribution in [2.24, 2.45) is 35.5 Å². The Bertz CT molecular complexity index is 702. The van der Waals surface area contributed by atoms with Crippen molar-refractivity contribution in [1.29, 1.82) is 0 Å². The topological polar surface area (TPSA) is 26.3 Å². The molecule has 4 atom stereocenters. The molecule has 0 aliphatic heterocycles. The average Bonchev–Trinajstić information content (AvgIpc) is 2.75. The SMILES string of the molecule is C/C=C/C1CCC(C2CCC3C(CCCC3C(=O)Oc3ccc(F)cc3)C2)CC1. The summed E-state index contributed by atoms with van der Waals surface area (Å²) in [5, 5.41) is 0.